The number of nitrogens with zero attached hydrogens (tertiary/aromatic N) is 1. The minimum atomic E-state index is -0.864. The van der Waals surface area contributed by atoms with Crippen LogP contribution in [0.1, 0.15) is 30.6 Å². The Morgan fingerprint density at radius 2 is 1.96 bits per heavy atom. The molecule has 0 unspecified atom stereocenters. The molecule has 0 fully saturated rings. The average molecular weight is 412 g/mol. The van der Waals surface area contributed by atoms with Gasteiger partial charge in [0, 0.05) is 12.1 Å². The van der Waals surface area contributed by atoms with E-state index in [2.05, 4.69) is 10.6 Å². The monoisotopic (exact) mass is 411 g/mol. The number of rotatable bonds is 7. The summed E-state index contributed by atoms with van der Waals surface area (Å²) >= 11 is 5.91. The number of esters is 2. The molecule has 0 spiro atoms. The number of carbonyl (C=O) groups is 3. The van der Waals surface area contributed by atoms with Crippen LogP contribution < -0.4 is 10.6 Å². The summed E-state index contributed by atoms with van der Waals surface area (Å²) in [5.41, 5.74) is -0.102. The molecule has 0 aromatic heterocycles. The maximum Gasteiger partial charge on any atom is 0.340 e. The minimum Gasteiger partial charge on any atom is -0.463 e. The maximum atomic E-state index is 12.3. The third-order valence-electron chi connectivity index (χ3n) is 3.88. The van der Waals surface area contributed by atoms with E-state index in [1.165, 1.54) is 6.07 Å². The van der Waals surface area contributed by atoms with Gasteiger partial charge in [-0.15, -0.1) is 0 Å². The van der Waals surface area contributed by atoms with Gasteiger partial charge in [0.05, 0.1) is 39.4 Å². The lowest BCUT2D eigenvalue weighted by molar-refractivity contribution is -0.384. The molecule has 0 aliphatic carbocycles. The third kappa shape index (κ3) is 4.77. The zero-order valence-corrected chi connectivity index (χ0v) is 15.9. The number of benzene rings is 1. The molecule has 1 aromatic rings. The van der Waals surface area contributed by atoms with Crippen molar-refractivity contribution in [1.82, 2.24) is 10.6 Å². The van der Waals surface area contributed by atoms with Gasteiger partial charge >= 0.3 is 18.0 Å². The van der Waals surface area contributed by atoms with E-state index >= 15 is 0 Å². The first-order valence-corrected chi connectivity index (χ1v) is 8.75. The molecule has 0 saturated carbocycles. The van der Waals surface area contributed by atoms with E-state index in [0.717, 1.165) is 12.1 Å². The highest BCUT2D eigenvalue weighted by Crippen LogP contribution is 2.24. The van der Waals surface area contributed by atoms with Gasteiger partial charge < -0.3 is 20.1 Å². The highest BCUT2D eigenvalue weighted by Gasteiger charge is 2.32. The predicted molar refractivity (Wildman–Crippen MR) is 97.8 cm³/mol. The molecule has 2 rings (SSSR count). The second-order valence-corrected chi connectivity index (χ2v) is 6.08. The number of hydrogen-bond acceptors (Lipinski definition) is 7. The van der Waals surface area contributed by atoms with Crippen LogP contribution in [0.4, 0.5) is 10.5 Å². The van der Waals surface area contributed by atoms with E-state index in [0.29, 0.717) is 6.42 Å². The lowest BCUT2D eigenvalue weighted by Crippen LogP contribution is -2.51. The van der Waals surface area contributed by atoms with Crippen molar-refractivity contribution in [3.63, 3.8) is 0 Å². The Hall–Kier alpha value is -3.14. The zero-order chi connectivity index (χ0) is 20.8. The highest BCUT2D eigenvalue weighted by atomic mass is 35.5. The third-order valence-corrected chi connectivity index (χ3v) is 4.19. The van der Waals surface area contributed by atoms with Crippen LogP contribution in [0.25, 0.3) is 0 Å². The Morgan fingerprint density at radius 3 is 2.54 bits per heavy atom. The molecule has 1 aliphatic rings. The number of non-ortho nitro benzene ring substituents is 1. The smallest absolute Gasteiger partial charge is 0.340 e. The number of ether oxygens (including phenoxy) is 2. The van der Waals surface area contributed by atoms with Crippen molar-refractivity contribution in [2.24, 2.45) is 0 Å². The number of carbonyl (C=O) groups excluding carboxylic acids is 3. The largest absolute Gasteiger partial charge is 0.463 e. The van der Waals surface area contributed by atoms with E-state index in [4.69, 9.17) is 21.1 Å². The molecule has 0 radical (unpaired) electrons. The summed E-state index contributed by atoms with van der Waals surface area (Å²) in [5, 5.41) is 15.6. The predicted octanol–water partition coefficient (Wildman–Crippen LogP) is 2.31. The molecule has 1 atom stereocenters. The normalized spacial score (nSPS) is 16.1. The summed E-state index contributed by atoms with van der Waals surface area (Å²) in [6.07, 6.45) is 0.424. The van der Waals surface area contributed by atoms with Crippen LogP contribution in [0.5, 0.6) is 0 Å². The van der Waals surface area contributed by atoms with Gasteiger partial charge in [-0.2, -0.15) is 0 Å². The van der Waals surface area contributed by atoms with E-state index in [1.807, 2.05) is 0 Å². The van der Waals surface area contributed by atoms with Crippen molar-refractivity contribution in [2.75, 3.05) is 13.2 Å². The van der Waals surface area contributed by atoms with Gasteiger partial charge in [0.15, 0.2) is 0 Å². The molecule has 0 saturated heterocycles. The van der Waals surface area contributed by atoms with Gasteiger partial charge in [0.1, 0.15) is 6.61 Å². The van der Waals surface area contributed by atoms with Crippen molar-refractivity contribution < 1.29 is 28.8 Å². The minimum absolute atomic E-state index is 0.0853. The quantitative estimate of drug-likeness (QED) is 0.399. The molecule has 1 aromatic carbocycles. The van der Waals surface area contributed by atoms with E-state index in [1.54, 1.807) is 13.8 Å². The number of amides is 2. The summed E-state index contributed by atoms with van der Waals surface area (Å²) in [6.45, 7) is 3.14. The summed E-state index contributed by atoms with van der Waals surface area (Å²) < 4.78 is 10.2. The standard InChI is InChI=1S/C17H18ClN3O7/c1-3-12-14(16(23)27-4-2)13(20-17(24)19-12)8-28-15(22)10-6-5-9(21(25)26)7-11(10)18/h5-7,12H,3-4,8H2,1-2H3,(H2,19,20,24)/t12-/m0/s1. The molecule has 150 valence electrons. The second-order valence-electron chi connectivity index (χ2n) is 5.67. The number of hydrogen-bond donors (Lipinski definition) is 2. The molecule has 1 heterocycles. The van der Waals surface area contributed by atoms with Gasteiger partial charge in [-0.05, 0) is 19.4 Å². The Bertz CT molecular complexity index is 853. The average Bonchev–Trinajstić information content (AvgIpc) is 2.65. The van der Waals surface area contributed by atoms with Crippen LogP contribution in [0.2, 0.25) is 5.02 Å². The molecule has 11 heteroatoms. The number of nitrogens with one attached hydrogen (secondary N) is 2. The summed E-state index contributed by atoms with van der Waals surface area (Å²) in [7, 11) is 0. The van der Waals surface area contributed by atoms with Crippen LogP contribution in [0, 0.1) is 10.1 Å². The lowest BCUT2D eigenvalue weighted by atomic mass is 10.0. The van der Waals surface area contributed by atoms with E-state index in [-0.39, 0.29) is 34.2 Å². The number of nitro groups is 1. The number of urea groups is 1. The topological polar surface area (TPSA) is 137 Å². The fraction of sp³-hybridized carbons (Fsp3) is 0.353. The first-order chi connectivity index (χ1) is 13.3. The van der Waals surface area contributed by atoms with Crippen LogP contribution in [-0.4, -0.2) is 42.1 Å². The van der Waals surface area contributed by atoms with Gasteiger partial charge in [-0.3, -0.25) is 10.1 Å². The summed E-state index contributed by atoms with van der Waals surface area (Å²) in [6, 6.07) is 2.18. The van der Waals surface area contributed by atoms with Crippen molar-refractivity contribution in [3.8, 4) is 0 Å². The Balaban J connectivity index is 2.23. The molecule has 28 heavy (non-hydrogen) atoms. The van der Waals surface area contributed by atoms with Crippen LogP contribution >= 0.6 is 11.6 Å². The maximum absolute atomic E-state index is 12.3. The number of halogens is 1. The molecule has 2 N–H and O–H groups in total. The molecular weight excluding hydrogens is 394 g/mol. The van der Waals surface area contributed by atoms with Crippen molar-refractivity contribution in [3.05, 3.63) is 50.2 Å². The zero-order valence-electron chi connectivity index (χ0n) is 15.1. The molecule has 1 aliphatic heterocycles. The van der Waals surface area contributed by atoms with Gasteiger partial charge in [-0.1, -0.05) is 18.5 Å². The first-order valence-electron chi connectivity index (χ1n) is 8.37. The van der Waals surface area contributed by atoms with Crippen molar-refractivity contribution in [2.45, 2.75) is 26.3 Å². The number of nitro benzene ring substituents is 1. The Labute approximate surface area is 165 Å². The fourth-order valence-electron chi connectivity index (χ4n) is 2.57. The second kappa shape index (κ2) is 9.18. The van der Waals surface area contributed by atoms with Crippen LogP contribution in [0.15, 0.2) is 29.5 Å². The summed E-state index contributed by atoms with van der Waals surface area (Å²) in [4.78, 5) is 46.4. The Kier molecular flexibility index (Phi) is 6.94. The van der Waals surface area contributed by atoms with Gasteiger partial charge in [0.25, 0.3) is 5.69 Å². The van der Waals surface area contributed by atoms with Crippen molar-refractivity contribution in [1.29, 1.82) is 0 Å². The molecule has 0 bridgehead atoms. The van der Waals surface area contributed by atoms with E-state index in [9.17, 15) is 24.5 Å². The van der Waals surface area contributed by atoms with E-state index < -0.39 is 35.5 Å². The van der Waals surface area contributed by atoms with Crippen LogP contribution in [-0.2, 0) is 14.3 Å². The lowest BCUT2D eigenvalue weighted by Gasteiger charge is -2.28. The van der Waals surface area contributed by atoms with Crippen LogP contribution in [0.3, 0.4) is 0 Å². The Morgan fingerprint density at radius 1 is 1.25 bits per heavy atom. The summed E-state index contributed by atoms with van der Waals surface area (Å²) in [5.74, 6) is -1.50. The molecular formula is C17H18ClN3O7. The van der Waals surface area contributed by atoms with Gasteiger partial charge in [-0.25, -0.2) is 14.4 Å². The highest BCUT2D eigenvalue weighted by molar-refractivity contribution is 6.33. The van der Waals surface area contributed by atoms with Crippen molar-refractivity contribution >= 4 is 35.3 Å². The first kappa shape index (κ1) is 21.2. The SMILES string of the molecule is CCOC(=O)C1=C(COC(=O)c2ccc([N+](=O)[O-])cc2Cl)NC(=O)N[C@H]1CC. The van der Waals surface area contributed by atoms with Gasteiger partial charge in [0.2, 0.25) is 0 Å². The molecule has 10 nitrogen and oxygen atoms in total. The molecule has 2 amide bonds. The fourth-order valence-corrected chi connectivity index (χ4v) is 2.83.